The number of amides is 2. The quantitative estimate of drug-likeness (QED) is 0.724. The third-order valence-electron chi connectivity index (χ3n) is 4.01. The van der Waals surface area contributed by atoms with E-state index in [1.807, 2.05) is 6.07 Å². The summed E-state index contributed by atoms with van der Waals surface area (Å²) in [5.41, 5.74) is 1.94. The van der Waals surface area contributed by atoms with Crippen LogP contribution in [0.4, 0.5) is 0 Å². The summed E-state index contributed by atoms with van der Waals surface area (Å²) >= 11 is 0. The highest BCUT2D eigenvalue weighted by atomic mass is 16.3. The van der Waals surface area contributed by atoms with Crippen LogP contribution >= 0.6 is 0 Å². The van der Waals surface area contributed by atoms with E-state index in [-0.39, 0.29) is 18.4 Å². The summed E-state index contributed by atoms with van der Waals surface area (Å²) in [7, 11) is 0. The first-order valence-electron chi connectivity index (χ1n) is 7.22. The van der Waals surface area contributed by atoms with Crippen molar-refractivity contribution in [1.29, 1.82) is 0 Å². The number of carbonyl (C=O) groups excluding carboxylic acids is 2. The topological polar surface area (TPSA) is 86.3 Å². The van der Waals surface area contributed by atoms with Gasteiger partial charge in [-0.25, -0.2) is 4.98 Å². The molecule has 1 unspecified atom stereocenters. The van der Waals surface area contributed by atoms with Gasteiger partial charge in [0.25, 0.3) is 11.8 Å². The highest BCUT2D eigenvalue weighted by Gasteiger charge is 2.36. The van der Waals surface area contributed by atoms with Crippen molar-refractivity contribution in [3.05, 3.63) is 65.5 Å². The monoisotopic (exact) mass is 307 g/mol. The molecule has 1 aliphatic rings. The molecule has 0 radical (unpaired) electrons. The van der Waals surface area contributed by atoms with E-state index < -0.39 is 6.10 Å². The number of aromatic amines is 1. The van der Waals surface area contributed by atoms with E-state index in [2.05, 4.69) is 9.97 Å². The summed E-state index contributed by atoms with van der Waals surface area (Å²) in [6.07, 6.45) is 0.658. The number of hydrogen-bond donors (Lipinski definition) is 2. The Balaban J connectivity index is 1.61. The van der Waals surface area contributed by atoms with Crippen LogP contribution in [0.25, 0.3) is 11.0 Å². The zero-order valence-corrected chi connectivity index (χ0v) is 12.1. The van der Waals surface area contributed by atoms with Gasteiger partial charge in [0.2, 0.25) is 0 Å². The van der Waals surface area contributed by atoms with E-state index in [0.717, 1.165) is 10.3 Å². The third-order valence-corrected chi connectivity index (χ3v) is 4.01. The SMILES string of the molecule is O=C1c2ccccc2C(=O)N1CC(O)c1cc2cccnc2[nH]1. The van der Waals surface area contributed by atoms with Crippen LogP contribution in [0.2, 0.25) is 0 Å². The Morgan fingerprint density at radius 2 is 1.78 bits per heavy atom. The van der Waals surface area contributed by atoms with Crippen LogP contribution in [-0.4, -0.2) is 38.3 Å². The summed E-state index contributed by atoms with van der Waals surface area (Å²) in [5.74, 6) is -0.752. The van der Waals surface area contributed by atoms with Crippen LogP contribution in [0.1, 0.15) is 32.5 Å². The fourth-order valence-corrected chi connectivity index (χ4v) is 2.83. The molecule has 4 rings (SSSR count). The van der Waals surface area contributed by atoms with Gasteiger partial charge in [0.05, 0.1) is 17.7 Å². The lowest BCUT2D eigenvalue weighted by atomic mass is 10.1. The normalized spacial score (nSPS) is 15.3. The van der Waals surface area contributed by atoms with Crippen LogP contribution in [0.5, 0.6) is 0 Å². The number of aliphatic hydroxyl groups is 1. The maximum Gasteiger partial charge on any atom is 0.261 e. The van der Waals surface area contributed by atoms with Crippen LogP contribution in [0, 0.1) is 0 Å². The minimum atomic E-state index is -0.994. The number of aliphatic hydroxyl groups excluding tert-OH is 1. The molecule has 2 amide bonds. The first kappa shape index (κ1) is 13.7. The van der Waals surface area contributed by atoms with Gasteiger partial charge in [-0.1, -0.05) is 12.1 Å². The smallest absolute Gasteiger partial charge is 0.261 e. The average molecular weight is 307 g/mol. The molecule has 1 aliphatic heterocycles. The van der Waals surface area contributed by atoms with Crippen molar-refractivity contribution in [3.63, 3.8) is 0 Å². The van der Waals surface area contributed by atoms with Gasteiger partial charge in [0.15, 0.2) is 0 Å². The molecule has 0 bridgehead atoms. The highest BCUT2D eigenvalue weighted by molar-refractivity contribution is 6.21. The number of imide groups is 1. The zero-order chi connectivity index (χ0) is 16.0. The molecular weight excluding hydrogens is 294 g/mol. The molecule has 1 aromatic carbocycles. The van der Waals surface area contributed by atoms with E-state index >= 15 is 0 Å². The number of β-amino-alcohol motifs (C(OH)–C–C–N with tert-alkyl or cyclic N) is 1. The molecule has 2 N–H and O–H groups in total. The molecule has 0 saturated heterocycles. The van der Waals surface area contributed by atoms with Crippen molar-refractivity contribution >= 4 is 22.8 Å². The van der Waals surface area contributed by atoms with Crippen molar-refractivity contribution in [2.45, 2.75) is 6.10 Å². The Kier molecular flexibility index (Phi) is 2.99. The molecule has 3 aromatic rings. The fourth-order valence-electron chi connectivity index (χ4n) is 2.83. The molecule has 0 fully saturated rings. The highest BCUT2D eigenvalue weighted by Crippen LogP contribution is 2.26. The van der Waals surface area contributed by atoms with E-state index in [0.29, 0.717) is 22.5 Å². The maximum atomic E-state index is 12.3. The van der Waals surface area contributed by atoms with Gasteiger partial charge in [-0.3, -0.25) is 14.5 Å². The Morgan fingerprint density at radius 1 is 1.09 bits per heavy atom. The first-order chi connectivity index (χ1) is 11.1. The van der Waals surface area contributed by atoms with E-state index in [9.17, 15) is 14.7 Å². The summed E-state index contributed by atoms with van der Waals surface area (Å²) in [6, 6.07) is 12.1. The number of benzene rings is 1. The van der Waals surface area contributed by atoms with Crippen LogP contribution in [0.3, 0.4) is 0 Å². The minimum absolute atomic E-state index is 0.0980. The van der Waals surface area contributed by atoms with Crippen LogP contribution in [0.15, 0.2) is 48.7 Å². The molecule has 114 valence electrons. The van der Waals surface area contributed by atoms with E-state index in [4.69, 9.17) is 0 Å². The van der Waals surface area contributed by atoms with Crippen LogP contribution in [-0.2, 0) is 0 Å². The Labute approximate surface area is 131 Å². The van der Waals surface area contributed by atoms with Crippen molar-refractivity contribution in [3.8, 4) is 0 Å². The second kappa shape index (κ2) is 5.03. The van der Waals surface area contributed by atoms with Gasteiger partial charge < -0.3 is 10.1 Å². The third kappa shape index (κ3) is 2.11. The Bertz CT molecular complexity index is 863. The standard InChI is InChI=1S/C17H13N3O3/c21-14(13-8-10-4-3-7-18-15(10)19-13)9-20-16(22)11-5-1-2-6-12(11)17(20)23/h1-8,14,21H,9H2,(H,18,19). The molecule has 2 aromatic heterocycles. The molecule has 23 heavy (non-hydrogen) atoms. The first-order valence-corrected chi connectivity index (χ1v) is 7.22. The van der Waals surface area contributed by atoms with Gasteiger partial charge in [0.1, 0.15) is 11.8 Å². The molecule has 6 nitrogen and oxygen atoms in total. The summed E-state index contributed by atoms with van der Waals surface area (Å²) in [6.45, 7) is -0.0980. The molecule has 3 heterocycles. The zero-order valence-electron chi connectivity index (χ0n) is 12.1. The summed E-state index contributed by atoms with van der Waals surface area (Å²) in [4.78, 5) is 32.9. The largest absolute Gasteiger partial charge is 0.385 e. The number of H-pyrrole nitrogens is 1. The van der Waals surface area contributed by atoms with Crippen molar-refractivity contribution in [1.82, 2.24) is 14.9 Å². The van der Waals surface area contributed by atoms with Gasteiger partial charge in [-0.2, -0.15) is 0 Å². The second-order valence-corrected chi connectivity index (χ2v) is 5.45. The predicted octanol–water partition coefficient (Wildman–Crippen LogP) is 1.89. The Morgan fingerprint density at radius 3 is 2.43 bits per heavy atom. The molecular formula is C17H13N3O3. The summed E-state index contributed by atoms with van der Waals surface area (Å²) in [5, 5.41) is 11.3. The number of aromatic nitrogens is 2. The lowest BCUT2D eigenvalue weighted by Crippen LogP contribution is -2.33. The lowest BCUT2D eigenvalue weighted by Gasteiger charge is -2.17. The van der Waals surface area contributed by atoms with Crippen LogP contribution < -0.4 is 0 Å². The average Bonchev–Trinajstić information content (AvgIpc) is 3.11. The van der Waals surface area contributed by atoms with Crippen molar-refractivity contribution < 1.29 is 14.7 Å². The van der Waals surface area contributed by atoms with Crippen molar-refractivity contribution in [2.75, 3.05) is 6.54 Å². The maximum absolute atomic E-state index is 12.3. The molecule has 0 spiro atoms. The van der Waals surface area contributed by atoms with Gasteiger partial charge in [-0.05, 0) is 30.3 Å². The number of carbonyl (C=O) groups is 2. The fraction of sp³-hybridized carbons (Fsp3) is 0.118. The van der Waals surface area contributed by atoms with Gasteiger partial charge in [-0.15, -0.1) is 0 Å². The molecule has 0 saturated carbocycles. The number of pyridine rings is 1. The van der Waals surface area contributed by atoms with Gasteiger partial charge >= 0.3 is 0 Å². The summed E-state index contributed by atoms with van der Waals surface area (Å²) < 4.78 is 0. The number of nitrogens with one attached hydrogen (secondary N) is 1. The molecule has 6 heteroatoms. The lowest BCUT2D eigenvalue weighted by molar-refractivity contribution is 0.0539. The minimum Gasteiger partial charge on any atom is -0.385 e. The molecule has 1 atom stereocenters. The Hall–Kier alpha value is -2.99. The number of hydrogen-bond acceptors (Lipinski definition) is 4. The number of fused-ring (bicyclic) bond motifs is 2. The van der Waals surface area contributed by atoms with Crippen molar-refractivity contribution in [2.24, 2.45) is 0 Å². The van der Waals surface area contributed by atoms with E-state index in [1.165, 1.54) is 0 Å². The predicted molar refractivity (Wildman–Crippen MR) is 82.9 cm³/mol. The number of rotatable bonds is 3. The number of nitrogens with zero attached hydrogens (tertiary/aromatic N) is 2. The van der Waals surface area contributed by atoms with Gasteiger partial charge in [0, 0.05) is 17.3 Å². The second-order valence-electron chi connectivity index (χ2n) is 5.45. The van der Waals surface area contributed by atoms with E-state index in [1.54, 1.807) is 42.6 Å². The molecule has 0 aliphatic carbocycles.